The lowest BCUT2D eigenvalue weighted by molar-refractivity contribution is 0.145. The van der Waals surface area contributed by atoms with Crippen molar-refractivity contribution in [3.8, 4) is 0 Å². The van der Waals surface area contributed by atoms with Crippen molar-refractivity contribution >= 4 is 6.09 Å². The second-order valence-electron chi connectivity index (χ2n) is 3.90. The molecule has 0 aliphatic heterocycles. The van der Waals surface area contributed by atoms with Crippen molar-refractivity contribution < 1.29 is 15.0 Å². The highest BCUT2D eigenvalue weighted by Gasteiger charge is 2.16. The molecule has 0 bridgehead atoms. The van der Waals surface area contributed by atoms with Crippen LogP contribution in [0.15, 0.2) is 0 Å². The van der Waals surface area contributed by atoms with Gasteiger partial charge in [-0.1, -0.05) is 13.8 Å². The van der Waals surface area contributed by atoms with Crippen LogP contribution in [-0.2, 0) is 0 Å². The third-order valence-corrected chi connectivity index (χ3v) is 1.91. The molecular weight excluding hydrogens is 184 g/mol. The fourth-order valence-electron chi connectivity index (χ4n) is 1.38. The van der Waals surface area contributed by atoms with Crippen LogP contribution in [0.2, 0.25) is 0 Å². The van der Waals surface area contributed by atoms with Gasteiger partial charge in [0, 0.05) is 12.6 Å². The number of aliphatic hydroxyl groups is 1. The SMILES string of the molecule is CC(C)C[C@@H](CC(O)CN)NC(=O)O. The molecule has 0 spiro atoms. The molecule has 0 fully saturated rings. The standard InChI is InChI=1S/C9H20N2O3/c1-6(2)3-7(11-9(13)14)4-8(12)5-10/h6-8,11-12H,3-5,10H2,1-2H3,(H,13,14)/t7-,8?/m0/s1. The Labute approximate surface area is 84.3 Å². The molecule has 5 N–H and O–H groups in total. The van der Waals surface area contributed by atoms with Crippen LogP contribution in [0.25, 0.3) is 0 Å². The van der Waals surface area contributed by atoms with Gasteiger partial charge in [-0.05, 0) is 18.8 Å². The molecule has 0 rings (SSSR count). The fourth-order valence-corrected chi connectivity index (χ4v) is 1.38. The zero-order chi connectivity index (χ0) is 11.1. The average Bonchev–Trinajstić information content (AvgIpc) is 2.01. The number of carboxylic acid groups (broad SMARTS) is 1. The highest BCUT2D eigenvalue weighted by molar-refractivity contribution is 5.64. The van der Waals surface area contributed by atoms with Crippen LogP contribution in [0.1, 0.15) is 26.7 Å². The highest BCUT2D eigenvalue weighted by atomic mass is 16.4. The largest absolute Gasteiger partial charge is 0.465 e. The molecule has 1 unspecified atom stereocenters. The second kappa shape index (κ2) is 6.62. The molecule has 0 aliphatic carbocycles. The van der Waals surface area contributed by atoms with E-state index < -0.39 is 12.2 Å². The highest BCUT2D eigenvalue weighted by Crippen LogP contribution is 2.09. The van der Waals surface area contributed by atoms with Crippen molar-refractivity contribution in [2.24, 2.45) is 11.7 Å². The van der Waals surface area contributed by atoms with Crippen molar-refractivity contribution in [2.75, 3.05) is 6.54 Å². The summed E-state index contributed by atoms with van der Waals surface area (Å²) in [6, 6.07) is -0.217. The van der Waals surface area contributed by atoms with Gasteiger partial charge in [-0.25, -0.2) is 4.79 Å². The van der Waals surface area contributed by atoms with Gasteiger partial charge in [-0.15, -0.1) is 0 Å². The first-order chi connectivity index (χ1) is 6.45. The average molecular weight is 204 g/mol. The van der Waals surface area contributed by atoms with E-state index in [1.54, 1.807) is 0 Å². The summed E-state index contributed by atoms with van der Waals surface area (Å²) in [5, 5.41) is 20.2. The summed E-state index contributed by atoms with van der Waals surface area (Å²) < 4.78 is 0. The van der Waals surface area contributed by atoms with Crippen LogP contribution >= 0.6 is 0 Å². The Morgan fingerprint density at radius 2 is 2.00 bits per heavy atom. The molecule has 0 saturated heterocycles. The third-order valence-electron chi connectivity index (χ3n) is 1.91. The van der Waals surface area contributed by atoms with E-state index in [0.29, 0.717) is 18.8 Å². The van der Waals surface area contributed by atoms with Crippen molar-refractivity contribution in [1.29, 1.82) is 0 Å². The van der Waals surface area contributed by atoms with E-state index in [1.165, 1.54) is 0 Å². The van der Waals surface area contributed by atoms with Crippen LogP contribution < -0.4 is 11.1 Å². The van der Waals surface area contributed by atoms with E-state index in [1.807, 2.05) is 13.8 Å². The van der Waals surface area contributed by atoms with Gasteiger partial charge in [0.05, 0.1) is 6.10 Å². The first-order valence-electron chi connectivity index (χ1n) is 4.83. The Kier molecular flexibility index (Phi) is 6.23. The lowest BCUT2D eigenvalue weighted by atomic mass is 9.99. The minimum absolute atomic E-state index is 0.163. The van der Waals surface area contributed by atoms with Gasteiger partial charge in [-0.3, -0.25) is 0 Å². The summed E-state index contributed by atoms with van der Waals surface area (Å²) in [6.07, 6.45) is -0.602. The number of aliphatic hydroxyl groups excluding tert-OH is 1. The molecule has 1 amide bonds. The number of rotatable bonds is 6. The molecular formula is C9H20N2O3. The Hall–Kier alpha value is -0.810. The van der Waals surface area contributed by atoms with E-state index in [0.717, 1.165) is 0 Å². The lowest BCUT2D eigenvalue weighted by Gasteiger charge is -2.21. The number of hydrogen-bond acceptors (Lipinski definition) is 3. The Morgan fingerprint density at radius 1 is 1.43 bits per heavy atom. The van der Waals surface area contributed by atoms with E-state index >= 15 is 0 Å². The summed E-state index contributed by atoms with van der Waals surface area (Å²) >= 11 is 0. The maximum Gasteiger partial charge on any atom is 0.404 e. The molecule has 0 heterocycles. The van der Waals surface area contributed by atoms with Gasteiger partial charge >= 0.3 is 6.09 Å². The smallest absolute Gasteiger partial charge is 0.404 e. The lowest BCUT2D eigenvalue weighted by Crippen LogP contribution is -2.39. The van der Waals surface area contributed by atoms with Crippen LogP contribution in [-0.4, -0.2) is 35.0 Å². The first kappa shape index (κ1) is 13.2. The van der Waals surface area contributed by atoms with Gasteiger partial charge < -0.3 is 21.3 Å². The summed E-state index contributed by atoms with van der Waals surface area (Å²) in [4.78, 5) is 10.4. The fraction of sp³-hybridized carbons (Fsp3) is 0.889. The summed E-state index contributed by atoms with van der Waals surface area (Å²) in [5.74, 6) is 0.386. The van der Waals surface area contributed by atoms with Gasteiger partial charge in [0.1, 0.15) is 0 Å². The number of carbonyl (C=O) groups is 1. The van der Waals surface area contributed by atoms with Crippen LogP contribution in [0.5, 0.6) is 0 Å². The van der Waals surface area contributed by atoms with Crippen LogP contribution in [0, 0.1) is 5.92 Å². The number of nitrogens with one attached hydrogen (secondary N) is 1. The number of hydrogen-bond donors (Lipinski definition) is 4. The van der Waals surface area contributed by atoms with Gasteiger partial charge in [-0.2, -0.15) is 0 Å². The molecule has 0 aromatic carbocycles. The predicted octanol–water partition coefficient (Wildman–Crippen LogP) is 0.378. The molecule has 0 aromatic rings. The molecule has 5 heteroatoms. The maximum absolute atomic E-state index is 10.4. The minimum atomic E-state index is -1.06. The Bertz CT molecular complexity index is 173. The van der Waals surface area contributed by atoms with Crippen LogP contribution in [0.3, 0.4) is 0 Å². The Balaban J connectivity index is 4.03. The van der Waals surface area contributed by atoms with E-state index in [-0.39, 0.29) is 12.6 Å². The normalized spacial score (nSPS) is 15.2. The molecule has 0 saturated carbocycles. The van der Waals surface area contributed by atoms with Gasteiger partial charge in [0.15, 0.2) is 0 Å². The van der Waals surface area contributed by atoms with E-state index in [4.69, 9.17) is 10.8 Å². The third kappa shape index (κ3) is 6.68. The molecule has 0 radical (unpaired) electrons. The van der Waals surface area contributed by atoms with Gasteiger partial charge in [0.25, 0.3) is 0 Å². The molecule has 84 valence electrons. The molecule has 2 atom stereocenters. The molecule has 5 nitrogen and oxygen atoms in total. The zero-order valence-electron chi connectivity index (χ0n) is 8.73. The van der Waals surface area contributed by atoms with E-state index in [2.05, 4.69) is 5.32 Å². The van der Waals surface area contributed by atoms with Crippen molar-refractivity contribution in [2.45, 2.75) is 38.8 Å². The predicted molar refractivity (Wildman–Crippen MR) is 54.1 cm³/mol. The summed E-state index contributed by atoms with van der Waals surface area (Å²) in [6.45, 7) is 4.17. The summed E-state index contributed by atoms with van der Waals surface area (Å²) in [7, 11) is 0. The second-order valence-corrected chi connectivity index (χ2v) is 3.90. The zero-order valence-corrected chi connectivity index (χ0v) is 8.73. The number of nitrogens with two attached hydrogens (primary N) is 1. The topological polar surface area (TPSA) is 95.6 Å². The van der Waals surface area contributed by atoms with Crippen molar-refractivity contribution in [1.82, 2.24) is 5.32 Å². The number of amides is 1. The first-order valence-corrected chi connectivity index (χ1v) is 4.83. The monoisotopic (exact) mass is 204 g/mol. The molecule has 0 aliphatic rings. The minimum Gasteiger partial charge on any atom is -0.465 e. The van der Waals surface area contributed by atoms with Crippen molar-refractivity contribution in [3.63, 3.8) is 0 Å². The Morgan fingerprint density at radius 3 is 2.36 bits per heavy atom. The quantitative estimate of drug-likeness (QED) is 0.503. The molecule has 14 heavy (non-hydrogen) atoms. The maximum atomic E-state index is 10.4. The summed E-state index contributed by atoms with van der Waals surface area (Å²) in [5.41, 5.74) is 5.26. The van der Waals surface area contributed by atoms with Gasteiger partial charge in [0.2, 0.25) is 0 Å². The van der Waals surface area contributed by atoms with Crippen molar-refractivity contribution in [3.05, 3.63) is 0 Å². The van der Waals surface area contributed by atoms with E-state index in [9.17, 15) is 9.90 Å². The van der Waals surface area contributed by atoms with Crippen LogP contribution in [0.4, 0.5) is 4.79 Å². The molecule has 0 aromatic heterocycles.